The molecule has 80 valence electrons. The Bertz CT molecular complexity index is 440. The number of hydrogen-bond donors (Lipinski definition) is 1. The average Bonchev–Trinajstić information content (AvgIpc) is 2.50. The van der Waals surface area contributed by atoms with Crippen molar-refractivity contribution in [1.82, 2.24) is 5.32 Å². The third kappa shape index (κ3) is 1.97. The van der Waals surface area contributed by atoms with Gasteiger partial charge in [-0.15, -0.1) is 11.3 Å². The average molecular weight is 220 g/mol. The fourth-order valence-corrected chi connectivity index (χ4v) is 2.86. The lowest BCUT2D eigenvalue weighted by atomic mass is 10.00. The molecule has 1 aliphatic rings. The van der Waals surface area contributed by atoms with Crippen LogP contribution < -0.4 is 5.32 Å². The molecule has 0 bridgehead atoms. The van der Waals surface area contributed by atoms with Crippen molar-refractivity contribution in [2.45, 2.75) is 33.7 Å². The predicted octanol–water partition coefficient (Wildman–Crippen LogP) is 3.33. The number of rotatable bonds is 1. The highest BCUT2D eigenvalue weighted by Crippen LogP contribution is 2.31. The van der Waals surface area contributed by atoms with Gasteiger partial charge in [0.25, 0.3) is 0 Å². The summed E-state index contributed by atoms with van der Waals surface area (Å²) in [6.07, 6.45) is 1.96. The number of hydrogen-bond acceptors (Lipinski definition) is 3. The summed E-state index contributed by atoms with van der Waals surface area (Å²) in [5.41, 5.74) is 2.67. The summed E-state index contributed by atoms with van der Waals surface area (Å²) in [6, 6.07) is 2.58. The van der Waals surface area contributed by atoms with E-state index in [9.17, 15) is 0 Å². The van der Waals surface area contributed by atoms with Crippen LogP contribution in [0.2, 0.25) is 0 Å². The molecule has 1 aliphatic heterocycles. The SMILES string of the molecule is CC1=CN=C(C)NC1c1cc(C)sc1C. The smallest absolute Gasteiger partial charge is 0.0990 e. The quantitative estimate of drug-likeness (QED) is 0.771. The van der Waals surface area contributed by atoms with E-state index in [1.54, 1.807) is 0 Å². The van der Waals surface area contributed by atoms with Gasteiger partial charge in [0.2, 0.25) is 0 Å². The first kappa shape index (κ1) is 10.4. The molecule has 1 N–H and O–H groups in total. The second-order valence-corrected chi connectivity index (χ2v) is 5.49. The molecule has 0 radical (unpaired) electrons. The van der Waals surface area contributed by atoms with Gasteiger partial charge < -0.3 is 5.32 Å². The highest BCUT2D eigenvalue weighted by Gasteiger charge is 2.19. The van der Waals surface area contributed by atoms with E-state index >= 15 is 0 Å². The number of nitrogens with one attached hydrogen (secondary N) is 1. The van der Waals surface area contributed by atoms with Crippen molar-refractivity contribution in [3.05, 3.63) is 33.2 Å². The zero-order valence-corrected chi connectivity index (χ0v) is 10.4. The molecular weight excluding hydrogens is 204 g/mol. The van der Waals surface area contributed by atoms with Gasteiger partial charge in [0.05, 0.1) is 11.9 Å². The number of nitrogens with zero attached hydrogens (tertiary/aromatic N) is 1. The summed E-state index contributed by atoms with van der Waals surface area (Å²) < 4.78 is 0. The topological polar surface area (TPSA) is 24.4 Å². The fourth-order valence-electron chi connectivity index (χ4n) is 1.89. The van der Waals surface area contributed by atoms with E-state index in [-0.39, 0.29) is 0 Å². The van der Waals surface area contributed by atoms with Crippen molar-refractivity contribution in [2.75, 3.05) is 0 Å². The van der Waals surface area contributed by atoms with Crippen molar-refractivity contribution >= 4 is 17.2 Å². The minimum Gasteiger partial charge on any atom is -0.363 e. The Morgan fingerprint density at radius 2 is 2.00 bits per heavy atom. The van der Waals surface area contributed by atoms with E-state index < -0.39 is 0 Å². The molecular formula is C12H16N2S. The van der Waals surface area contributed by atoms with Crippen molar-refractivity contribution < 1.29 is 0 Å². The van der Waals surface area contributed by atoms with Gasteiger partial charge in [-0.25, -0.2) is 4.99 Å². The molecule has 0 fully saturated rings. The second-order valence-electron chi connectivity index (χ2n) is 4.03. The summed E-state index contributed by atoms with van der Waals surface area (Å²) in [5.74, 6) is 0.994. The molecule has 2 rings (SSSR count). The minimum atomic E-state index is 0.312. The fraction of sp³-hybridized carbons (Fsp3) is 0.417. The van der Waals surface area contributed by atoms with Crippen LogP contribution in [0.3, 0.4) is 0 Å². The molecule has 0 spiro atoms. The van der Waals surface area contributed by atoms with Crippen LogP contribution in [-0.2, 0) is 0 Å². The maximum absolute atomic E-state index is 4.27. The van der Waals surface area contributed by atoms with Crippen molar-refractivity contribution in [3.63, 3.8) is 0 Å². The van der Waals surface area contributed by atoms with Gasteiger partial charge in [0, 0.05) is 16.0 Å². The summed E-state index contributed by atoms with van der Waals surface area (Å²) in [7, 11) is 0. The molecule has 3 heteroatoms. The second kappa shape index (κ2) is 3.81. The Hall–Kier alpha value is -1.09. The zero-order valence-electron chi connectivity index (χ0n) is 9.59. The van der Waals surface area contributed by atoms with Crippen LogP contribution >= 0.6 is 11.3 Å². The molecule has 2 heterocycles. The number of aliphatic imine (C=N–C) groups is 1. The Morgan fingerprint density at radius 1 is 1.27 bits per heavy atom. The van der Waals surface area contributed by atoms with Crippen molar-refractivity contribution in [2.24, 2.45) is 4.99 Å². The van der Waals surface area contributed by atoms with E-state index in [0.29, 0.717) is 6.04 Å². The van der Waals surface area contributed by atoms with Crippen LogP contribution in [0.1, 0.15) is 35.2 Å². The summed E-state index contributed by atoms with van der Waals surface area (Å²) in [5, 5.41) is 3.42. The van der Waals surface area contributed by atoms with Gasteiger partial charge in [-0.2, -0.15) is 0 Å². The van der Waals surface area contributed by atoms with Crippen LogP contribution in [0.4, 0.5) is 0 Å². The Morgan fingerprint density at radius 3 is 2.60 bits per heavy atom. The highest BCUT2D eigenvalue weighted by atomic mass is 32.1. The Labute approximate surface area is 94.7 Å². The molecule has 1 aromatic heterocycles. The van der Waals surface area contributed by atoms with E-state index in [4.69, 9.17) is 0 Å². The first-order chi connectivity index (χ1) is 7.08. The van der Waals surface area contributed by atoms with Gasteiger partial charge in [-0.3, -0.25) is 0 Å². The first-order valence-electron chi connectivity index (χ1n) is 5.12. The molecule has 1 unspecified atom stereocenters. The van der Waals surface area contributed by atoms with Crippen molar-refractivity contribution in [3.8, 4) is 0 Å². The van der Waals surface area contributed by atoms with Crippen LogP contribution in [0, 0.1) is 13.8 Å². The number of aryl methyl sites for hydroxylation is 2. The normalized spacial score (nSPS) is 20.7. The third-order valence-corrected chi connectivity index (χ3v) is 3.64. The first-order valence-corrected chi connectivity index (χ1v) is 5.94. The van der Waals surface area contributed by atoms with E-state index in [1.807, 2.05) is 24.5 Å². The van der Waals surface area contributed by atoms with Gasteiger partial charge in [0.1, 0.15) is 0 Å². The summed E-state index contributed by atoms with van der Waals surface area (Å²) in [6.45, 7) is 8.47. The molecule has 15 heavy (non-hydrogen) atoms. The minimum absolute atomic E-state index is 0.312. The van der Waals surface area contributed by atoms with Gasteiger partial charge >= 0.3 is 0 Å². The largest absolute Gasteiger partial charge is 0.363 e. The lowest BCUT2D eigenvalue weighted by Gasteiger charge is -2.23. The van der Waals surface area contributed by atoms with Crippen LogP contribution in [0.25, 0.3) is 0 Å². The maximum atomic E-state index is 4.27. The molecule has 1 aromatic rings. The number of thiophene rings is 1. The number of amidine groups is 1. The predicted molar refractivity (Wildman–Crippen MR) is 66.5 cm³/mol. The van der Waals surface area contributed by atoms with E-state index in [1.165, 1.54) is 20.9 Å². The van der Waals surface area contributed by atoms with E-state index in [0.717, 1.165) is 5.84 Å². The standard InChI is InChI=1S/C12H16N2S/c1-7-6-13-10(4)14-12(7)11-5-8(2)15-9(11)3/h5-6,12H,1-4H3,(H,13,14). The Balaban J connectivity index is 2.37. The molecule has 0 aliphatic carbocycles. The van der Waals surface area contributed by atoms with Gasteiger partial charge in [0.15, 0.2) is 0 Å². The van der Waals surface area contributed by atoms with Crippen LogP contribution in [-0.4, -0.2) is 5.84 Å². The van der Waals surface area contributed by atoms with Crippen LogP contribution in [0.5, 0.6) is 0 Å². The van der Waals surface area contributed by atoms with Gasteiger partial charge in [-0.05, 0) is 44.9 Å². The third-order valence-electron chi connectivity index (χ3n) is 2.66. The lowest BCUT2D eigenvalue weighted by molar-refractivity contribution is 0.723. The van der Waals surface area contributed by atoms with Crippen LogP contribution in [0.15, 0.2) is 22.8 Å². The monoisotopic (exact) mass is 220 g/mol. The molecule has 2 nitrogen and oxygen atoms in total. The summed E-state index contributed by atoms with van der Waals surface area (Å²) >= 11 is 1.86. The molecule has 0 saturated carbocycles. The highest BCUT2D eigenvalue weighted by molar-refractivity contribution is 7.12. The zero-order chi connectivity index (χ0) is 11.0. The van der Waals surface area contributed by atoms with Gasteiger partial charge in [-0.1, -0.05) is 0 Å². The molecule has 1 atom stereocenters. The molecule has 0 aromatic carbocycles. The Kier molecular flexibility index (Phi) is 2.65. The van der Waals surface area contributed by atoms with Crippen molar-refractivity contribution in [1.29, 1.82) is 0 Å². The molecule has 0 saturated heterocycles. The summed E-state index contributed by atoms with van der Waals surface area (Å²) in [4.78, 5) is 7.04. The molecule has 0 amide bonds. The van der Waals surface area contributed by atoms with E-state index in [2.05, 4.69) is 37.1 Å². The maximum Gasteiger partial charge on any atom is 0.0990 e. The lowest BCUT2D eigenvalue weighted by Crippen LogP contribution is -2.29.